The molecule has 1 spiro atoms. The van der Waals surface area contributed by atoms with Crippen LogP contribution in [0.4, 0.5) is 0 Å². The van der Waals surface area contributed by atoms with E-state index in [0.29, 0.717) is 19.3 Å². The fourth-order valence-corrected chi connectivity index (χ4v) is 7.53. The highest BCUT2D eigenvalue weighted by Crippen LogP contribution is 2.69. The van der Waals surface area contributed by atoms with Crippen molar-refractivity contribution in [2.45, 2.75) is 70.8 Å². The standard InChI is InChI=1S/C24H30O5/c1-22-8-4-15(25)12-14(22)13-16(21(27)28-3)20-17(22)5-9-23(2)18(20)6-10-24(23)11-7-19(26)29-24/h5,12,16,18,20H,4,6-11,13H2,1-3H3/t16-,18+,20-,22+,23+,24?/m1/s1. The lowest BCUT2D eigenvalue weighted by Crippen LogP contribution is -2.53. The Labute approximate surface area is 171 Å². The third-order valence-corrected chi connectivity index (χ3v) is 9.23. The summed E-state index contributed by atoms with van der Waals surface area (Å²) >= 11 is 0. The first-order valence-electron chi connectivity index (χ1n) is 11.0. The van der Waals surface area contributed by atoms with Crippen molar-refractivity contribution in [2.75, 3.05) is 7.11 Å². The predicted octanol–water partition coefficient (Wildman–Crippen LogP) is 3.91. The number of ether oxygens (including phenoxy) is 2. The van der Waals surface area contributed by atoms with Crippen molar-refractivity contribution >= 4 is 17.7 Å². The Balaban J connectivity index is 1.63. The van der Waals surface area contributed by atoms with Crippen LogP contribution in [-0.2, 0) is 23.9 Å². The molecule has 1 unspecified atom stereocenters. The molecule has 1 aliphatic heterocycles. The molecular formula is C24H30O5. The molecule has 1 saturated heterocycles. The van der Waals surface area contributed by atoms with Gasteiger partial charge in [0.05, 0.1) is 13.0 Å². The van der Waals surface area contributed by atoms with E-state index >= 15 is 0 Å². The Morgan fingerprint density at radius 2 is 1.97 bits per heavy atom. The topological polar surface area (TPSA) is 69.7 Å². The molecule has 1 heterocycles. The summed E-state index contributed by atoms with van der Waals surface area (Å²) in [5, 5.41) is 0. The molecule has 0 aromatic heterocycles. The van der Waals surface area contributed by atoms with E-state index < -0.39 is 5.60 Å². The zero-order valence-corrected chi connectivity index (χ0v) is 17.6. The van der Waals surface area contributed by atoms with Crippen molar-refractivity contribution in [3.63, 3.8) is 0 Å². The number of ketones is 1. The summed E-state index contributed by atoms with van der Waals surface area (Å²) < 4.78 is 11.2. The number of methoxy groups -OCH3 is 1. The largest absolute Gasteiger partial charge is 0.469 e. The second-order valence-corrected chi connectivity index (χ2v) is 10.2. The maximum Gasteiger partial charge on any atom is 0.309 e. The second-order valence-electron chi connectivity index (χ2n) is 10.2. The van der Waals surface area contributed by atoms with Crippen molar-refractivity contribution in [3.05, 3.63) is 23.3 Å². The quantitative estimate of drug-likeness (QED) is 0.495. The molecule has 0 radical (unpaired) electrons. The van der Waals surface area contributed by atoms with Crippen LogP contribution in [0.25, 0.3) is 0 Å². The van der Waals surface area contributed by atoms with Gasteiger partial charge in [0.25, 0.3) is 0 Å². The molecule has 4 aliphatic carbocycles. The van der Waals surface area contributed by atoms with Gasteiger partial charge in [0.2, 0.25) is 0 Å². The summed E-state index contributed by atoms with van der Waals surface area (Å²) in [5.41, 5.74) is 1.72. The molecule has 5 heteroatoms. The molecule has 0 N–H and O–H groups in total. The van der Waals surface area contributed by atoms with Crippen molar-refractivity contribution in [1.82, 2.24) is 0 Å². The van der Waals surface area contributed by atoms with Crippen LogP contribution in [0.3, 0.4) is 0 Å². The zero-order valence-electron chi connectivity index (χ0n) is 17.6. The smallest absolute Gasteiger partial charge is 0.309 e. The zero-order chi connectivity index (χ0) is 20.6. The van der Waals surface area contributed by atoms with Gasteiger partial charge in [-0.05, 0) is 56.4 Å². The summed E-state index contributed by atoms with van der Waals surface area (Å²) in [6.07, 6.45) is 10.1. The first kappa shape index (κ1) is 19.1. The van der Waals surface area contributed by atoms with E-state index in [1.54, 1.807) is 6.08 Å². The fourth-order valence-electron chi connectivity index (χ4n) is 7.53. The molecule has 5 rings (SSSR count). The van der Waals surface area contributed by atoms with Crippen LogP contribution in [0, 0.1) is 28.6 Å². The average Bonchev–Trinajstić information content (AvgIpc) is 3.22. The number of carbonyl (C=O) groups excluding carboxylic acids is 3. The van der Waals surface area contributed by atoms with Crippen molar-refractivity contribution < 1.29 is 23.9 Å². The van der Waals surface area contributed by atoms with Gasteiger partial charge in [-0.1, -0.05) is 31.1 Å². The van der Waals surface area contributed by atoms with Crippen LogP contribution < -0.4 is 0 Å². The maximum atomic E-state index is 12.9. The van der Waals surface area contributed by atoms with Crippen molar-refractivity contribution in [1.29, 1.82) is 0 Å². The molecule has 0 aromatic carbocycles. The molecule has 6 atom stereocenters. The van der Waals surface area contributed by atoms with Crippen LogP contribution in [0.1, 0.15) is 65.2 Å². The number of allylic oxidation sites excluding steroid dienone is 4. The summed E-state index contributed by atoms with van der Waals surface area (Å²) in [6, 6.07) is 0. The summed E-state index contributed by atoms with van der Waals surface area (Å²) in [5.74, 6) is 0.00356. The Kier molecular flexibility index (Phi) is 3.98. The van der Waals surface area contributed by atoms with E-state index in [1.807, 2.05) is 0 Å². The van der Waals surface area contributed by atoms with Crippen LogP contribution in [0.5, 0.6) is 0 Å². The second kappa shape index (κ2) is 6.05. The highest BCUT2D eigenvalue weighted by molar-refractivity contribution is 5.92. The molecule has 0 amide bonds. The predicted molar refractivity (Wildman–Crippen MR) is 106 cm³/mol. The molecule has 2 saturated carbocycles. The van der Waals surface area contributed by atoms with Crippen molar-refractivity contribution in [3.8, 4) is 0 Å². The Morgan fingerprint density at radius 3 is 2.66 bits per heavy atom. The Morgan fingerprint density at radius 1 is 1.17 bits per heavy atom. The molecule has 5 nitrogen and oxygen atoms in total. The minimum absolute atomic E-state index is 0.0854. The normalized spacial score (nSPS) is 45.7. The molecular weight excluding hydrogens is 368 g/mol. The Bertz CT molecular complexity index is 868. The Hall–Kier alpha value is -1.91. The van der Waals surface area contributed by atoms with E-state index in [2.05, 4.69) is 19.9 Å². The molecule has 29 heavy (non-hydrogen) atoms. The van der Waals surface area contributed by atoms with Gasteiger partial charge in [-0.3, -0.25) is 14.4 Å². The fraction of sp³-hybridized carbons (Fsp3) is 0.708. The van der Waals surface area contributed by atoms with E-state index in [9.17, 15) is 14.4 Å². The number of fused-ring (bicyclic) bond motifs is 6. The number of hydrogen-bond acceptors (Lipinski definition) is 5. The van der Waals surface area contributed by atoms with Crippen LogP contribution in [0.2, 0.25) is 0 Å². The van der Waals surface area contributed by atoms with Crippen LogP contribution in [0.15, 0.2) is 23.3 Å². The molecule has 156 valence electrons. The first-order valence-corrected chi connectivity index (χ1v) is 11.0. The van der Waals surface area contributed by atoms with Crippen LogP contribution >= 0.6 is 0 Å². The van der Waals surface area contributed by atoms with E-state index in [0.717, 1.165) is 37.7 Å². The molecule has 0 aromatic rings. The van der Waals surface area contributed by atoms with Gasteiger partial charge in [0.1, 0.15) is 5.60 Å². The minimum Gasteiger partial charge on any atom is -0.469 e. The highest BCUT2D eigenvalue weighted by Gasteiger charge is 2.67. The van der Waals surface area contributed by atoms with Crippen LogP contribution in [-0.4, -0.2) is 30.4 Å². The van der Waals surface area contributed by atoms with Gasteiger partial charge in [0, 0.05) is 23.7 Å². The number of hydrogen-bond donors (Lipinski definition) is 0. The highest BCUT2D eigenvalue weighted by atomic mass is 16.6. The molecule has 5 aliphatic rings. The summed E-state index contributed by atoms with van der Waals surface area (Å²) in [6.45, 7) is 4.52. The maximum absolute atomic E-state index is 12.9. The van der Waals surface area contributed by atoms with Gasteiger partial charge in [-0.15, -0.1) is 0 Å². The summed E-state index contributed by atoms with van der Waals surface area (Å²) in [7, 11) is 1.46. The van der Waals surface area contributed by atoms with Gasteiger partial charge >= 0.3 is 11.9 Å². The van der Waals surface area contributed by atoms with E-state index in [-0.39, 0.29) is 46.3 Å². The minimum atomic E-state index is -0.392. The third-order valence-electron chi connectivity index (χ3n) is 9.23. The average molecular weight is 398 g/mol. The number of rotatable bonds is 1. The van der Waals surface area contributed by atoms with Crippen molar-refractivity contribution in [2.24, 2.45) is 28.6 Å². The van der Waals surface area contributed by atoms with Gasteiger partial charge < -0.3 is 9.47 Å². The van der Waals surface area contributed by atoms with Gasteiger partial charge in [-0.2, -0.15) is 0 Å². The monoisotopic (exact) mass is 398 g/mol. The van der Waals surface area contributed by atoms with E-state index in [1.165, 1.54) is 12.7 Å². The molecule has 3 fully saturated rings. The van der Waals surface area contributed by atoms with Gasteiger partial charge in [-0.25, -0.2) is 0 Å². The third kappa shape index (κ3) is 2.36. The first-order chi connectivity index (χ1) is 13.7. The lowest BCUT2D eigenvalue weighted by molar-refractivity contribution is -0.163. The SMILES string of the molecule is COC(=O)[C@@H]1CC2=CC(=O)CC[C@]2(C)C2=CC[C@@]3(C)[C@@H](CCC34CCC(=O)O4)[C@@H]21. The van der Waals surface area contributed by atoms with E-state index in [4.69, 9.17) is 9.47 Å². The number of carbonyl (C=O) groups is 3. The molecule has 0 bridgehead atoms. The lowest BCUT2D eigenvalue weighted by atomic mass is 9.48. The number of esters is 2. The van der Waals surface area contributed by atoms with Gasteiger partial charge in [0.15, 0.2) is 5.78 Å². The summed E-state index contributed by atoms with van der Waals surface area (Å²) in [4.78, 5) is 37.1. The lowest BCUT2D eigenvalue weighted by Gasteiger charge is -2.56.